The van der Waals surface area contributed by atoms with Crippen LogP contribution in [0.25, 0.3) is 0 Å². The molecule has 1 aromatic carbocycles. The van der Waals surface area contributed by atoms with Crippen LogP contribution in [0.15, 0.2) is 18.2 Å². The number of hydrogen-bond acceptors (Lipinski definition) is 3. The first-order valence-corrected chi connectivity index (χ1v) is 11.0. The van der Waals surface area contributed by atoms with E-state index in [1.807, 2.05) is 0 Å². The highest BCUT2D eigenvalue weighted by molar-refractivity contribution is 7.82. The second kappa shape index (κ2) is 9.35. The van der Waals surface area contributed by atoms with Gasteiger partial charge in [0.25, 0.3) is 0 Å². The summed E-state index contributed by atoms with van der Waals surface area (Å²) in [4.78, 5) is 0. The summed E-state index contributed by atoms with van der Waals surface area (Å²) in [6.45, 7) is 1.55. The quantitative estimate of drug-likeness (QED) is 0.790. The Balaban J connectivity index is 1.47. The lowest BCUT2D eigenvalue weighted by molar-refractivity contribution is 0.00529. The van der Waals surface area contributed by atoms with Crippen LogP contribution in [0.1, 0.15) is 50.0 Å². The maximum Gasteiger partial charge on any atom is 0.126 e. The maximum absolute atomic E-state index is 13.4. The minimum Gasteiger partial charge on any atom is -0.377 e. The molecule has 1 saturated carbocycles. The van der Waals surface area contributed by atoms with Crippen molar-refractivity contribution >= 4 is 11.0 Å². The Labute approximate surface area is 156 Å². The number of rotatable bonds is 6. The second-order valence-electron chi connectivity index (χ2n) is 7.39. The van der Waals surface area contributed by atoms with Gasteiger partial charge in [-0.05, 0) is 68.7 Å². The highest BCUT2D eigenvalue weighted by atomic mass is 32.2. The first-order valence-electron chi connectivity index (χ1n) is 9.42. The van der Waals surface area contributed by atoms with E-state index in [1.165, 1.54) is 12.1 Å². The van der Waals surface area contributed by atoms with Gasteiger partial charge in [-0.15, -0.1) is 0 Å². The smallest absolute Gasteiger partial charge is 0.126 e. The number of benzene rings is 1. The van der Waals surface area contributed by atoms with E-state index in [0.717, 1.165) is 56.7 Å². The van der Waals surface area contributed by atoms with Gasteiger partial charge in [0.15, 0.2) is 0 Å². The SMILES string of the molecule is CS(=O)N[C@H]1CCCN[C@H]1COC1CCC(c2cc(F)cc(F)c2)CC1. The van der Waals surface area contributed by atoms with Crippen LogP contribution in [0.5, 0.6) is 0 Å². The van der Waals surface area contributed by atoms with Gasteiger partial charge in [-0.1, -0.05) is 0 Å². The van der Waals surface area contributed by atoms with Gasteiger partial charge in [-0.3, -0.25) is 0 Å². The molecule has 7 heteroatoms. The predicted molar refractivity (Wildman–Crippen MR) is 99.3 cm³/mol. The summed E-state index contributed by atoms with van der Waals surface area (Å²) in [7, 11) is -1.03. The third-order valence-electron chi connectivity index (χ3n) is 5.44. The molecule has 2 N–H and O–H groups in total. The van der Waals surface area contributed by atoms with E-state index < -0.39 is 22.6 Å². The first-order chi connectivity index (χ1) is 12.5. The van der Waals surface area contributed by atoms with E-state index in [2.05, 4.69) is 10.0 Å². The van der Waals surface area contributed by atoms with Crippen molar-refractivity contribution < 1.29 is 17.7 Å². The summed E-state index contributed by atoms with van der Waals surface area (Å²) >= 11 is 0. The molecule has 0 spiro atoms. The topological polar surface area (TPSA) is 50.4 Å². The van der Waals surface area contributed by atoms with Gasteiger partial charge in [0.05, 0.1) is 23.7 Å². The van der Waals surface area contributed by atoms with Crippen LogP contribution in [0.3, 0.4) is 0 Å². The Hall–Kier alpha value is -0.890. The average molecular weight is 387 g/mol. The minimum absolute atomic E-state index is 0.168. The van der Waals surface area contributed by atoms with Gasteiger partial charge in [0.2, 0.25) is 0 Å². The third kappa shape index (κ3) is 5.55. The van der Waals surface area contributed by atoms with E-state index >= 15 is 0 Å². The van der Waals surface area contributed by atoms with Crippen LogP contribution in [-0.2, 0) is 15.7 Å². The Morgan fingerprint density at radius 3 is 2.50 bits per heavy atom. The fourth-order valence-corrected chi connectivity index (χ4v) is 4.80. The van der Waals surface area contributed by atoms with Crippen molar-refractivity contribution in [1.29, 1.82) is 0 Å². The molecule has 0 amide bonds. The van der Waals surface area contributed by atoms with E-state index in [4.69, 9.17) is 4.74 Å². The first kappa shape index (κ1) is 19.9. The lowest BCUT2D eigenvalue weighted by atomic mass is 9.82. The Bertz CT molecular complexity index is 603. The second-order valence-corrected chi connectivity index (χ2v) is 8.54. The van der Waals surface area contributed by atoms with E-state index in [9.17, 15) is 13.0 Å². The van der Waals surface area contributed by atoms with Crippen LogP contribution in [0, 0.1) is 11.6 Å². The fraction of sp³-hybridized carbons (Fsp3) is 0.684. The molecular formula is C19H28F2N2O2S. The monoisotopic (exact) mass is 386 g/mol. The summed E-state index contributed by atoms with van der Waals surface area (Å²) in [5.74, 6) is -0.813. The molecule has 2 fully saturated rings. The largest absolute Gasteiger partial charge is 0.377 e. The van der Waals surface area contributed by atoms with Gasteiger partial charge in [-0.25, -0.2) is 17.7 Å². The Morgan fingerprint density at radius 2 is 1.85 bits per heavy atom. The molecule has 146 valence electrons. The maximum atomic E-state index is 13.4. The van der Waals surface area contributed by atoms with Crippen LogP contribution >= 0.6 is 0 Å². The van der Waals surface area contributed by atoms with Crippen LogP contribution in [-0.4, -0.2) is 41.8 Å². The van der Waals surface area contributed by atoms with Crippen molar-refractivity contribution in [3.8, 4) is 0 Å². The van der Waals surface area contributed by atoms with E-state index in [0.29, 0.717) is 6.61 Å². The molecule has 1 aliphatic carbocycles. The summed E-state index contributed by atoms with van der Waals surface area (Å²) < 4.78 is 47.5. The Kier molecular flexibility index (Phi) is 7.14. The Morgan fingerprint density at radius 1 is 1.15 bits per heavy atom. The van der Waals surface area contributed by atoms with E-state index in [-0.39, 0.29) is 24.1 Å². The standard InChI is InChI=1S/C19H28F2N2O2S/c1-26(24)23-18-3-2-8-22-19(18)12-25-17-6-4-13(5-7-17)14-9-15(20)11-16(21)10-14/h9-11,13,17-19,22-23H,2-8,12H2,1H3/t13?,17?,18-,19-,26?/m0/s1. The average Bonchev–Trinajstić information content (AvgIpc) is 2.60. The molecule has 1 aromatic rings. The highest BCUT2D eigenvalue weighted by Gasteiger charge is 2.28. The predicted octanol–water partition coefficient (Wildman–Crippen LogP) is 3.01. The molecule has 26 heavy (non-hydrogen) atoms. The number of hydrogen-bond donors (Lipinski definition) is 2. The molecule has 3 rings (SSSR count). The zero-order valence-corrected chi connectivity index (χ0v) is 16.0. The van der Waals surface area contributed by atoms with Crippen molar-refractivity contribution in [1.82, 2.24) is 10.0 Å². The summed E-state index contributed by atoms with van der Waals surface area (Å²) in [5.41, 5.74) is 0.754. The third-order valence-corrected chi connectivity index (χ3v) is 6.08. The molecule has 4 nitrogen and oxygen atoms in total. The van der Waals surface area contributed by atoms with E-state index in [1.54, 1.807) is 6.26 Å². The molecule has 1 aliphatic heterocycles. The summed E-state index contributed by atoms with van der Waals surface area (Å²) in [6.07, 6.45) is 7.46. The minimum atomic E-state index is -1.03. The number of ether oxygens (including phenoxy) is 1. The van der Waals surface area contributed by atoms with Crippen molar-refractivity contribution in [2.24, 2.45) is 0 Å². The molecule has 2 aliphatic rings. The number of halogens is 2. The van der Waals surface area contributed by atoms with Crippen molar-refractivity contribution in [2.45, 2.75) is 62.6 Å². The van der Waals surface area contributed by atoms with Crippen molar-refractivity contribution in [2.75, 3.05) is 19.4 Å². The van der Waals surface area contributed by atoms with Gasteiger partial charge < -0.3 is 10.1 Å². The fourth-order valence-electron chi connectivity index (χ4n) is 4.10. The van der Waals surface area contributed by atoms with Gasteiger partial charge in [0, 0.05) is 24.4 Å². The lowest BCUT2D eigenvalue weighted by Crippen LogP contribution is -2.54. The van der Waals surface area contributed by atoms with Crippen molar-refractivity contribution in [3.05, 3.63) is 35.4 Å². The summed E-state index contributed by atoms with van der Waals surface area (Å²) in [5, 5.41) is 3.46. The van der Waals surface area contributed by atoms with Crippen LogP contribution in [0.4, 0.5) is 8.78 Å². The van der Waals surface area contributed by atoms with Crippen molar-refractivity contribution in [3.63, 3.8) is 0 Å². The van der Waals surface area contributed by atoms with Gasteiger partial charge >= 0.3 is 0 Å². The number of piperidine rings is 1. The molecule has 1 unspecified atom stereocenters. The summed E-state index contributed by atoms with van der Waals surface area (Å²) in [6, 6.07) is 4.15. The lowest BCUT2D eigenvalue weighted by Gasteiger charge is -2.35. The molecule has 0 aromatic heterocycles. The molecule has 1 saturated heterocycles. The zero-order valence-electron chi connectivity index (χ0n) is 15.2. The molecule has 0 bridgehead atoms. The molecule has 3 atom stereocenters. The van der Waals surface area contributed by atoms with Crippen LogP contribution in [0.2, 0.25) is 0 Å². The molecule has 0 radical (unpaired) electrons. The number of nitrogens with one attached hydrogen (secondary N) is 2. The van der Waals surface area contributed by atoms with Crippen LogP contribution < -0.4 is 10.0 Å². The normalized spacial score (nSPS) is 30.9. The molecule has 1 heterocycles. The molecular weight excluding hydrogens is 358 g/mol. The van der Waals surface area contributed by atoms with Gasteiger partial charge in [0.1, 0.15) is 11.6 Å². The highest BCUT2D eigenvalue weighted by Crippen LogP contribution is 2.34. The van der Waals surface area contributed by atoms with Gasteiger partial charge in [-0.2, -0.15) is 0 Å². The zero-order chi connectivity index (χ0) is 18.5.